The predicted octanol–water partition coefficient (Wildman–Crippen LogP) is -0.898. The molecule has 0 aromatic carbocycles. The second kappa shape index (κ2) is 6.08. The van der Waals surface area contributed by atoms with Gasteiger partial charge in [0, 0.05) is 13.1 Å². The third-order valence-corrected chi connectivity index (χ3v) is 3.66. The van der Waals surface area contributed by atoms with Gasteiger partial charge in [0.15, 0.2) is 0 Å². The summed E-state index contributed by atoms with van der Waals surface area (Å²) in [7, 11) is 0. The number of amides is 3. The molecule has 2 aliphatic rings. The average Bonchev–Trinajstić information content (AvgIpc) is 2.46. The Morgan fingerprint density at radius 3 is 2.85 bits per heavy atom. The van der Waals surface area contributed by atoms with Crippen LogP contribution in [0.5, 0.6) is 0 Å². The van der Waals surface area contributed by atoms with E-state index >= 15 is 0 Å². The summed E-state index contributed by atoms with van der Waals surface area (Å²) in [5, 5.41) is 11.6. The molecule has 2 rings (SSSR count). The maximum Gasteiger partial charge on any atom is 0.328 e. The normalized spacial score (nSPS) is 27.1. The summed E-state index contributed by atoms with van der Waals surface area (Å²) in [5.41, 5.74) is 0. The highest BCUT2D eigenvalue weighted by atomic mass is 16.5. The molecule has 2 atom stereocenters. The smallest absolute Gasteiger partial charge is 0.328 e. The van der Waals surface area contributed by atoms with Gasteiger partial charge in [-0.25, -0.2) is 9.59 Å². The van der Waals surface area contributed by atoms with Gasteiger partial charge in [-0.1, -0.05) is 6.92 Å². The van der Waals surface area contributed by atoms with E-state index in [9.17, 15) is 19.5 Å². The van der Waals surface area contributed by atoms with Crippen LogP contribution in [0.4, 0.5) is 4.79 Å². The van der Waals surface area contributed by atoms with Crippen LogP contribution in [0.25, 0.3) is 0 Å². The van der Waals surface area contributed by atoms with Gasteiger partial charge in [0.05, 0.1) is 19.3 Å². The van der Waals surface area contributed by atoms with Gasteiger partial charge >= 0.3 is 12.0 Å². The third-order valence-electron chi connectivity index (χ3n) is 3.66. The number of carboxylic acids is 1. The predicted molar refractivity (Wildman–Crippen MR) is 68.1 cm³/mol. The van der Waals surface area contributed by atoms with Crippen LogP contribution in [0, 0.1) is 0 Å². The van der Waals surface area contributed by atoms with Crippen molar-refractivity contribution in [1.29, 1.82) is 0 Å². The van der Waals surface area contributed by atoms with E-state index in [0.29, 0.717) is 19.8 Å². The number of urea groups is 1. The van der Waals surface area contributed by atoms with Crippen LogP contribution in [-0.4, -0.2) is 77.7 Å². The van der Waals surface area contributed by atoms with Gasteiger partial charge in [-0.05, 0) is 6.42 Å². The molecule has 3 amide bonds. The Morgan fingerprint density at radius 1 is 1.45 bits per heavy atom. The molecular formula is C12H19N3O5. The second-order valence-electron chi connectivity index (χ2n) is 4.90. The fourth-order valence-electron chi connectivity index (χ4n) is 2.47. The number of nitrogens with one attached hydrogen (secondary N) is 1. The quantitative estimate of drug-likeness (QED) is 0.685. The number of piperazine rings is 1. The van der Waals surface area contributed by atoms with Crippen molar-refractivity contribution in [1.82, 2.24) is 15.1 Å². The summed E-state index contributed by atoms with van der Waals surface area (Å²) >= 11 is 0. The monoisotopic (exact) mass is 285 g/mol. The number of ether oxygens (including phenoxy) is 1. The van der Waals surface area contributed by atoms with Crippen molar-refractivity contribution in [3.63, 3.8) is 0 Å². The van der Waals surface area contributed by atoms with E-state index in [4.69, 9.17) is 4.74 Å². The zero-order chi connectivity index (χ0) is 14.7. The molecule has 2 heterocycles. The lowest BCUT2D eigenvalue weighted by molar-refractivity contribution is -0.144. The standard InChI is InChI=1S/C12H19N3O5/c1-2-8-7-20-4-3-14(8)12(19)15-6-10(16)13-5-9(15)11(17)18/h8-9H,2-7H2,1H3,(H,13,16)(H,17,18). The highest BCUT2D eigenvalue weighted by molar-refractivity contribution is 5.90. The zero-order valence-corrected chi connectivity index (χ0v) is 11.4. The van der Waals surface area contributed by atoms with Crippen LogP contribution < -0.4 is 5.32 Å². The molecule has 20 heavy (non-hydrogen) atoms. The Hall–Kier alpha value is -1.83. The highest BCUT2D eigenvalue weighted by Crippen LogP contribution is 2.16. The van der Waals surface area contributed by atoms with E-state index in [1.165, 1.54) is 0 Å². The third kappa shape index (κ3) is 2.84. The number of hydrogen-bond donors (Lipinski definition) is 2. The second-order valence-corrected chi connectivity index (χ2v) is 4.90. The van der Waals surface area contributed by atoms with E-state index in [1.54, 1.807) is 4.90 Å². The molecule has 0 aliphatic carbocycles. The maximum atomic E-state index is 12.5. The lowest BCUT2D eigenvalue weighted by atomic mass is 10.1. The molecule has 0 saturated carbocycles. The number of carboxylic acid groups (broad SMARTS) is 1. The van der Waals surface area contributed by atoms with Gasteiger partial charge in [0.1, 0.15) is 12.6 Å². The Kier molecular flexibility index (Phi) is 4.43. The topological polar surface area (TPSA) is 99.2 Å². The molecule has 0 bridgehead atoms. The summed E-state index contributed by atoms with van der Waals surface area (Å²) in [6.07, 6.45) is 0.726. The zero-order valence-electron chi connectivity index (χ0n) is 11.4. The van der Waals surface area contributed by atoms with Crippen LogP contribution in [0.15, 0.2) is 0 Å². The first-order valence-corrected chi connectivity index (χ1v) is 6.69. The van der Waals surface area contributed by atoms with Crippen LogP contribution >= 0.6 is 0 Å². The number of morpholine rings is 1. The fourth-order valence-corrected chi connectivity index (χ4v) is 2.47. The van der Waals surface area contributed by atoms with Crippen molar-refractivity contribution in [2.75, 3.05) is 32.8 Å². The number of carbonyl (C=O) groups is 3. The Labute approximate surface area is 116 Å². The first-order chi connectivity index (χ1) is 9.54. The number of aliphatic carboxylic acids is 1. The summed E-state index contributed by atoms with van der Waals surface area (Å²) < 4.78 is 5.33. The van der Waals surface area contributed by atoms with E-state index < -0.39 is 18.0 Å². The van der Waals surface area contributed by atoms with Crippen LogP contribution in [0.3, 0.4) is 0 Å². The van der Waals surface area contributed by atoms with Gasteiger partial charge in [-0.3, -0.25) is 9.69 Å². The summed E-state index contributed by atoms with van der Waals surface area (Å²) in [4.78, 5) is 37.9. The van der Waals surface area contributed by atoms with Gasteiger partial charge in [0.25, 0.3) is 0 Å². The average molecular weight is 285 g/mol. The summed E-state index contributed by atoms with van der Waals surface area (Å²) in [6.45, 7) is 2.96. The molecule has 2 aliphatic heterocycles. The Morgan fingerprint density at radius 2 is 2.20 bits per heavy atom. The molecular weight excluding hydrogens is 266 g/mol. The van der Waals surface area contributed by atoms with Crippen molar-refractivity contribution < 1.29 is 24.2 Å². The first-order valence-electron chi connectivity index (χ1n) is 6.69. The van der Waals surface area contributed by atoms with E-state index in [1.807, 2.05) is 6.92 Å². The van der Waals surface area contributed by atoms with Gasteiger partial charge in [-0.15, -0.1) is 0 Å². The number of nitrogens with zero attached hydrogens (tertiary/aromatic N) is 2. The number of hydrogen-bond acceptors (Lipinski definition) is 4. The highest BCUT2D eigenvalue weighted by Gasteiger charge is 2.39. The van der Waals surface area contributed by atoms with Crippen molar-refractivity contribution in [2.24, 2.45) is 0 Å². The van der Waals surface area contributed by atoms with E-state index in [2.05, 4.69) is 5.32 Å². The molecule has 8 nitrogen and oxygen atoms in total. The fraction of sp³-hybridized carbons (Fsp3) is 0.750. The molecule has 2 N–H and O–H groups in total. The van der Waals surface area contributed by atoms with Crippen molar-refractivity contribution in [3.05, 3.63) is 0 Å². The van der Waals surface area contributed by atoms with Crippen LogP contribution in [0.1, 0.15) is 13.3 Å². The van der Waals surface area contributed by atoms with Crippen molar-refractivity contribution >= 4 is 17.9 Å². The van der Waals surface area contributed by atoms with Crippen LogP contribution in [0.2, 0.25) is 0 Å². The van der Waals surface area contributed by atoms with Crippen molar-refractivity contribution in [2.45, 2.75) is 25.4 Å². The van der Waals surface area contributed by atoms with E-state index in [0.717, 1.165) is 11.3 Å². The minimum atomic E-state index is -1.11. The Balaban J connectivity index is 2.15. The largest absolute Gasteiger partial charge is 0.480 e. The van der Waals surface area contributed by atoms with Gasteiger partial charge in [0.2, 0.25) is 5.91 Å². The molecule has 0 aromatic heterocycles. The number of rotatable bonds is 2. The molecule has 2 saturated heterocycles. The minimum absolute atomic E-state index is 0.0545. The Bertz CT molecular complexity index is 414. The lowest BCUT2D eigenvalue weighted by Gasteiger charge is -2.41. The summed E-state index contributed by atoms with van der Waals surface area (Å²) in [5.74, 6) is -1.45. The minimum Gasteiger partial charge on any atom is -0.480 e. The first kappa shape index (κ1) is 14.6. The van der Waals surface area contributed by atoms with E-state index in [-0.39, 0.29) is 25.0 Å². The van der Waals surface area contributed by atoms with Gasteiger partial charge < -0.3 is 20.1 Å². The molecule has 0 radical (unpaired) electrons. The molecule has 8 heteroatoms. The molecule has 0 spiro atoms. The van der Waals surface area contributed by atoms with Gasteiger partial charge in [-0.2, -0.15) is 0 Å². The number of carbonyl (C=O) groups excluding carboxylic acids is 2. The maximum absolute atomic E-state index is 12.5. The molecule has 112 valence electrons. The van der Waals surface area contributed by atoms with Crippen LogP contribution in [-0.2, 0) is 14.3 Å². The van der Waals surface area contributed by atoms with Crippen molar-refractivity contribution in [3.8, 4) is 0 Å². The SMILES string of the molecule is CCC1COCCN1C(=O)N1CC(=O)NCC1C(=O)O. The molecule has 2 unspecified atom stereocenters. The molecule has 0 aromatic rings. The summed E-state index contributed by atoms with van der Waals surface area (Å²) in [6, 6.07) is -1.49. The lowest BCUT2D eigenvalue weighted by Crippen LogP contribution is -2.64. The molecule has 2 fully saturated rings.